The van der Waals surface area contributed by atoms with E-state index in [-0.39, 0.29) is 5.91 Å². The SMILES string of the molecule is Cc1cc(NC(=O)CN2CCCCCC2)c2ccccc2n1. The van der Waals surface area contributed by atoms with Gasteiger partial charge in [-0.2, -0.15) is 0 Å². The maximum atomic E-state index is 12.4. The second kappa shape index (κ2) is 6.88. The number of aryl methyl sites for hydroxylation is 1. The lowest BCUT2D eigenvalue weighted by atomic mass is 10.1. The molecule has 1 aliphatic rings. The Morgan fingerprint density at radius 2 is 1.91 bits per heavy atom. The molecule has 4 heteroatoms. The number of carbonyl (C=O) groups is 1. The number of likely N-dealkylation sites (tertiary alicyclic amines) is 1. The third-order valence-corrected chi connectivity index (χ3v) is 4.18. The molecule has 1 aromatic carbocycles. The molecule has 22 heavy (non-hydrogen) atoms. The summed E-state index contributed by atoms with van der Waals surface area (Å²) in [6, 6.07) is 9.88. The first-order valence-electron chi connectivity index (χ1n) is 8.11. The molecular formula is C18H23N3O. The van der Waals surface area contributed by atoms with Crippen molar-refractivity contribution < 1.29 is 4.79 Å². The van der Waals surface area contributed by atoms with Gasteiger partial charge in [0.1, 0.15) is 0 Å². The van der Waals surface area contributed by atoms with Gasteiger partial charge < -0.3 is 5.32 Å². The molecule has 0 aliphatic carbocycles. The summed E-state index contributed by atoms with van der Waals surface area (Å²) in [7, 11) is 0. The number of fused-ring (bicyclic) bond motifs is 1. The van der Waals surface area contributed by atoms with Crippen LogP contribution in [-0.4, -0.2) is 35.4 Å². The number of nitrogens with zero attached hydrogens (tertiary/aromatic N) is 2. The van der Waals surface area contributed by atoms with Crippen LogP contribution in [0.4, 0.5) is 5.69 Å². The number of para-hydroxylation sites is 1. The lowest BCUT2D eigenvalue weighted by Gasteiger charge is -2.19. The summed E-state index contributed by atoms with van der Waals surface area (Å²) >= 11 is 0. The van der Waals surface area contributed by atoms with E-state index in [4.69, 9.17) is 0 Å². The Morgan fingerprint density at radius 1 is 1.18 bits per heavy atom. The molecule has 0 saturated carbocycles. The molecule has 1 N–H and O–H groups in total. The monoisotopic (exact) mass is 297 g/mol. The molecule has 1 amide bonds. The van der Waals surface area contributed by atoms with Crippen LogP contribution in [0.5, 0.6) is 0 Å². The number of aromatic nitrogens is 1. The molecular weight excluding hydrogens is 274 g/mol. The molecule has 1 saturated heterocycles. The zero-order chi connectivity index (χ0) is 15.4. The summed E-state index contributed by atoms with van der Waals surface area (Å²) in [5.74, 6) is 0.0673. The molecule has 0 radical (unpaired) electrons. The average molecular weight is 297 g/mol. The minimum Gasteiger partial charge on any atom is -0.324 e. The van der Waals surface area contributed by atoms with Crippen molar-refractivity contribution in [3.05, 3.63) is 36.0 Å². The summed E-state index contributed by atoms with van der Waals surface area (Å²) in [6.07, 6.45) is 4.97. The molecule has 0 unspecified atom stereocenters. The second-order valence-electron chi connectivity index (χ2n) is 6.07. The molecule has 3 rings (SSSR count). The first-order valence-corrected chi connectivity index (χ1v) is 8.11. The van der Waals surface area contributed by atoms with Crippen LogP contribution in [-0.2, 0) is 4.79 Å². The van der Waals surface area contributed by atoms with Crippen LogP contribution in [0.25, 0.3) is 10.9 Å². The standard InChI is InChI=1S/C18H23N3O/c1-14-12-17(15-8-4-5-9-16(15)19-14)20-18(22)13-21-10-6-2-3-7-11-21/h4-5,8-9,12H,2-3,6-7,10-11,13H2,1H3,(H,19,20,22). The van der Waals surface area contributed by atoms with Crippen LogP contribution < -0.4 is 5.32 Å². The topological polar surface area (TPSA) is 45.2 Å². The van der Waals surface area contributed by atoms with Crippen LogP contribution in [0, 0.1) is 6.92 Å². The van der Waals surface area contributed by atoms with Gasteiger partial charge in [-0.3, -0.25) is 14.7 Å². The van der Waals surface area contributed by atoms with Crippen LogP contribution >= 0.6 is 0 Å². The van der Waals surface area contributed by atoms with Gasteiger partial charge in [-0.1, -0.05) is 31.0 Å². The van der Waals surface area contributed by atoms with Crippen molar-refractivity contribution in [2.75, 3.05) is 25.0 Å². The Balaban J connectivity index is 1.73. The molecule has 1 fully saturated rings. The summed E-state index contributed by atoms with van der Waals surface area (Å²) in [5, 5.41) is 4.07. The normalized spacial score (nSPS) is 16.4. The fourth-order valence-electron chi connectivity index (χ4n) is 3.10. The summed E-state index contributed by atoms with van der Waals surface area (Å²) in [4.78, 5) is 19.1. The van der Waals surface area contributed by atoms with Gasteiger partial charge in [-0.25, -0.2) is 0 Å². The van der Waals surface area contributed by atoms with Crippen LogP contribution in [0.15, 0.2) is 30.3 Å². The molecule has 116 valence electrons. The van der Waals surface area contributed by atoms with E-state index in [1.807, 2.05) is 37.3 Å². The zero-order valence-corrected chi connectivity index (χ0v) is 13.1. The van der Waals surface area contributed by atoms with Crippen LogP contribution in [0.1, 0.15) is 31.4 Å². The van der Waals surface area contributed by atoms with Gasteiger partial charge in [-0.05, 0) is 45.0 Å². The largest absolute Gasteiger partial charge is 0.324 e. The van der Waals surface area contributed by atoms with Crippen molar-refractivity contribution >= 4 is 22.5 Å². The molecule has 1 aromatic heterocycles. The van der Waals surface area contributed by atoms with Gasteiger partial charge in [0.05, 0.1) is 17.7 Å². The Bertz CT molecular complexity index is 660. The summed E-state index contributed by atoms with van der Waals surface area (Å²) in [6.45, 7) is 4.50. The number of anilines is 1. The Hall–Kier alpha value is -1.94. The third kappa shape index (κ3) is 3.63. The molecule has 0 bridgehead atoms. The van der Waals surface area contributed by atoms with Gasteiger partial charge >= 0.3 is 0 Å². The highest BCUT2D eigenvalue weighted by Gasteiger charge is 2.14. The number of amides is 1. The van der Waals surface area contributed by atoms with Crippen molar-refractivity contribution in [1.82, 2.24) is 9.88 Å². The number of benzene rings is 1. The highest BCUT2D eigenvalue weighted by Crippen LogP contribution is 2.23. The molecule has 0 atom stereocenters. The van der Waals surface area contributed by atoms with Crippen LogP contribution in [0.3, 0.4) is 0 Å². The van der Waals surface area contributed by atoms with Gasteiger partial charge in [-0.15, -0.1) is 0 Å². The molecule has 2 heterocycles. The maximum absolute atomic E-state index is 12.4. The second-order valence-corrected chi connectivity index (χ2v) is 6.07. The summed E-state index contributed by atoms with van der Waals surface area (Å²) < 4.78 is 0. The Kier molecular flexibility index (Phi) is 4.68. The fraction of sp³-hybridized carbons (Fsp3) is 0.444. The predicted molar refractivity (Wildman–Crippen MR) is 90.0 cm³/mol. The van der Waals surface area contributed by atoms with Crippen molar-refractivity contribution in [3.8, 4) is 0 Å². The van der Waals surface area contributed by atoms with E-state index in [1.165, 1.54) is 25.7 Å². The first-order chi connectivity index (χ1) is 10.7. The number of hydrogen-bond donors (Lipinski definition) is 1. The zero-order valence-electron chi connectivity index (χ0n) is 13.1. The van der Waals surface area contributed by atoms with Gasteiger partial charge in [0.25, 0.3) is 0 Å². The lowest BCUT2D eigenvalue weighted by Crippen LogP contribution is -2.34. The number of nitrogens with one attached hydrogen (secondary N) is 1. The third-order valence-electron chi connectivity index (χ3n) is 4.18. The lowest BCUT2D eigenvalue weighted by molar-refractivity contribution is -0.117. The number of rotatable bonds is 3. The summed E-state index contributed by atoms with van der Waals surface area (Å²) in [5.41, 5.74) is 2.71. The minimum absolute atomic E-state index is 0.0673. The van der Waals surface area contributed by atoms with Crippen molar-refractivity contribution in [3.63, 3.8) is 0 Å². The smallest absolute Gasteiger partial charge is 0.238 e. The average Bonchev–Trinajstić information content (AvgIpc) is 2.75. The van der Waals surface area contributed by atoms with E-state index in [1.54, 1.807) is 0 Å². The fourth-order valence-corrected chi connectivity index (χ4v) is 3.10. The number of hydrogen-bond acceptors (Lipinski definition) is 3. The van der Waals surface area contributed by atoms with Gasteiger partial charge in [0.15, 0.2) is 0 Å². The Labute approximate surface area is 131 Å². The van der Waals surface area contributed by atoms with E-state index in [9.17, 15) is 4.79 Å². The highest BCUT2D eigenvalue weighted by molar-refractivity contribution is 6.01. The highest BCUT2D eigenvalue weighted by atomic mass is 16.2. The van der Waals surface area contributed by atoms with Crippen molar-refractivity contribution in [2.45, 2.75) is 32.6 Å². The van der Waals surface area contributed by atoms with E-state index < -0.39 is 0 Å². The van der Waals surface area contributed by atoms with Gasteiger partial charge in [0, 0.05) is 11.1 Å². The van der Waals surface area contributed by atoms with E-state index >= 15 is 0 Å². The predicted octanol–water partition coefficient (Wildman–Crippen LogP) is 3.36. The van der Waals surface area contributed by atoms with E-state index in [2.05, 4.69) is 15.2 Å². The van der Waals surface area contributed by atoms with Crippen LogP contribution in [0.2, 0.25) is 0 Å². The van der Waals surface area contributed by atoms with Crippen molar-refractivity contribution in [2.24, 2.45) is 0 Å². The Morgan fingerprint density at radius 3 is 2.68 bits per heavy atom. The first kappa shape index (κ1) is 15.0. The van der Waals surface area contributed by atoms with Crippen molar-refractivity contribution in [1.29, 1.82) is 0 Å². The van der Waals surface area contributed by atoms with Gasteiger partial charge in [0.2, 0.25) is 5.91 Å². The molecule has 4 nitrogen and oxygen atoms in total. The molecule has 0 spiro atoms. The maximum Gasteiger partial charge on any atom is 0.238 e. The molecule has 2 aromatic rings. The molecule has 1 aliphatic heterocycles. The van der Waals surface area contributed by atoms with E-state index in [0.717, 1.165) is 35.4 Å². The minimum atomic E-state index is 0.0673. The number of carbonyl (C=O) groups excluding carboxylic acids is 1. The number of pyridine rings is 1. The van der Waals surface area contributed by atoms with E-state index in [0.29, 0.717) is 6.54 Å². The quantitative estimate of drug-likeness (QED) is 0.945.